The molecule has 2 aromatic rings. The Labute approximate surface area is 120 Å². The number of phenols is 1. The lowest BCUT2D eigenvalue weighted by molar-refractivity contribution is 0.0694. The number of hydrogen-bond acceptors (Lipinski definition) is 3. The molecule has 5 nitrogen and oxygen atoms in total. The summed E-state index contributed by atoms with van der Waals surface area (Å²) in [4.78, 5) is 10.8. The van der Waals surface area contributed by atoms with Crippen molar-refractivity contribution in [1.82, 2.24) is 0 Å². The summed E-state index contributed by atoms with van der Waals surface area (Å²) in [6.45, 7) is 0. The number of aromatic hydroxyl groups is 1. The summed E-state index contributed by atoms with van der Waals surface area (Å²) in [5.74, 6) is -1.50. The lowest BCUT2D eigenvalue weighted by Gasteiger charge is -2.11. The van der Waals surface area contributed by atoms with Crippen molar-refractivity contribution >= 4 is 34.7 Å². The molecule has 0 unspecified atom stereocenters. The zero-order valence-corrected chi connectivity index (χ0v) is 11.1. The molecule has 0 aliphatic heterocycles. The third-order valence-corrected chi connectivity index (χ3v) is 2.72. The van der Waals surface area contributed by atoms with Crippen LogP contribution in [-0.2, 0) is 0 Å². The van der Waals surface area contributed by atoms with Crippen LogP contribution in [0, 0.1) is 0 Å². The normalized spacial score (nSPS) is 9.80. The molecule has 4 N–H and O–H groups in total. The van der Waals surface area contributed by atoms with Crippen LogP contribution in [-0.4, -0.2) is 21.3 Å². The Morgan fingerprint density at radius 1 is 1.00 bits per heavy atom. The van der Waals surface area contributed by atoms with Gasteiger partial charge in [-0.15, -0.1) is 0 Å². The van der Waals surface area contributed by atoms with Gasteiger partial charge in [0.1, 0.15) is 11.3 Å². The highest BCUT2D eigenvalue weighted by atomic mass is 32.1. The highest BCUT2D eigenvalue weighted by Gasteiger charge is 2.10. The Hall–Kier alpha value is -2.60. The topological polar surface area (TPSA) is 81.6 Å². The van der Waals surface area contributed by atoms with Crippen molar-refractivity contribution in [3.8, 4) is 5.75 Å². The van der Waals surface area contributed by atoms with E-state index < -0.39 is 5.97 Å². The number of rotatable bonds is 3. The minimum absolute atomic E-state index is 0.155. The number of carbonyl (C=O) groups is 1. The summed E-state index contributed by atoms with van der Waals surface area (Å²) in [6.07, 6.45) is 0. The highest BCUT2D eigenvalue weighted by molar-refractivity contribution is 7.80. The number of anilines is 2. The third kappa shape index (κ3) is 3.46. The molecule has 20 heavy (non-hydrogen) atoms. The molecule has 0 heterocycles. The standard InChI is InChI=1S/C14H12N2O3S/c17-12-8-10(6-7-11(12)13(18)19)16-14(20)15-9-4-2-1-3-5-9/h1-8,17H,(H,18,19)(H2,15,16,20). The fourth-order valence-electron chi connectivity index (χ4n) is 1.61. The smallest absolute Gasteiger partial charge is 0.339 e. The summed E-state index contributed by atoms with van der Waals surface area (Å²) in [5.41, 5.74) is 1.18. The van der Waals surface area contributed by atoms with E-state index in [1.54, 1.807) is 0 Å². The van der Waals surface area contributed by atoms with Crippen LogP contribution < -0.4 is 10.6 Å². The van der Waals surface area contributed by atoms with Crippen LogP contribution in [0.2, 0.25) is 0 Å². The Balaban J connectivity index is 2.05. The van der Waals surface area contributed by atoms with Crippen LogP contribution in [0.15, 0.2) is 48.5 Å². The molecule has 0 bridgehead atoms. The number of carboxylic acid groups (broad SMARTS) is 1. The first-order valence-electron chi connectivity index (χ1n) is 5.75. The SMILES string of the molecule is O=C(O)c1ccc(NC(=S)Nc2ccccc2)cc1O. The molecule has 0 fully saturated rings. The summed E-state index contributed by atoms with van der Waals surface area (Å²) in [7, 11) is 0. The van der Waals surface area contributed by atoms with E-state index in [2.05, 4.69) is 10.6 Å². The number of carboxylic acids is 1. The van der Waals surface area contributed by atoms with Gasteiger partial charge in [0.25, 0.3) is 0 Å². The largest absolute Gasteiger partial charge is 0.507 e. The first-order chi connectivity index (χ1) is 9.56. The van der Waals surface area contributed by atoms with Gasteiger partial charge in [0.05, 0.1) is 0 Å². The fourth-order valence-corrected chi connectivity index (χ4v) is 1.84. The molecule has 0 aliphatic rings. The van der Waals surface area contributed by atoms with E-state index in [4.69, 9.17) is 17.3 Å². The summed E-state index contributed by atoms with van der Waals surface area (Å²) in [6, 6.07) is 13.5. The predicted molar refractivity (Wildman–Crippen MR) is 81.4 cm³/mol. The lowest BCUT2D eigenvalue weighted by atomic mass is 10.2. The number of nitrogens with one attached hydrogen (secondary N) is 2. The molecule has 102 valence electrons. The molecular weight excluding hydrogens is 276 g/mol. The van der Waals surface area contributed by atoms with Crippen LogP contribution in [0.25, 0.3) is 0 Å². The van der Waals surface area contributed by atoms with Gasteiger partial charge in [0.2, 0.25) is 0 Å². The van der Waals surface area contributed by atoms with Crippen molar-refractivity contribution in [2.75, 3.05) is 10.6 Å². The monoisotopic (exact) mass is 288 g/mol. The Morgan fingerprint density at radius 3 is 2.25 bits per heavy atom. The van der Waals surface area contributed by atoms with Crippen molar-refractivity contribution in [3.63, 3.8) is 0 Å². The Morgan fingerprint density at radius 2 is 1.65 bits per heavy atom. The second-order valence-corrected chi connectivity index (χ2v) is 4.39. The molecule has 0 saturated carbocycles. The van der Waals surface area contributed by atoms with Crippen LogP contribution in [0.3, 0.4) is 0 Å². The quantitative estimate of drug-likeness (QED) is 0.650. The number of para-hydroxylation sites is 1. The maximum atomic E-state index is 10.8. The van der Waals surface area contributed by atoms with Crippen molar-refractivity contribution in [2.24, 2.45) is 0 Å². The van der Waals surface area contributed by atoms with Gasteiger partial charge in [-0.2, -0.15) is 0 Å². The van der Waals surface area contributed by atoms with Crippen LogP contribution in [0.1, 0.15) is 10.4 Å². The van der Waals surface area contributed by atoms with Gasteiger partial charge in [-0.25, -0.2) is 4.79 Å². The van der Waals surface area contributed by atoms with Gasteiger partial charge in [0, 0.05) is 17.4 Å². The van der Waals surface area contributed by atoms with Crippen molar-refractivity contribution in [1.29, 1.82) is 0 Å². The number of hydrogen-bond donors (Lipinski definition) is 4. The number of thiocarbonyl (C=S) groups is 1. The molecule has 0 spiro atoms. The first-order valence-corrected chi connectivity index (χ1v) is 6.16. The average molecular weight is 288 g/mol. The van der Waals surface area contributed by atoms with E-state index in [9.17, 15) is 9.90 Å². The van der Waals surface area contributed by atoms with E-state index >= 15 is 0 Å². The molecule has 2 aromatic carbocycles. The average Bonchev–Trinajstić information content (AvgIpc) is 2.39. The van der Waals surface area contributed by atoms with Gasteiger partial charge >= 0.3 is 5.97 Å². The number of benzene rings is 2. The van der Waals surface area contributed by atoms with E-state index in [-0.39, 0.29) is 11.3 Å². The Bertz CT molecular complexity index is 644. The maximum Gasteiger partial charge on any atom is 0.339 e. The molecule has 0 aliphatic carbocycles. The van der Waals surface area contributed by atoms with E-state index in [0.29, 0.717) is 10.8 Å². The van der Waals surface area contributed by atoms with Crippen LogP contribution in [0.4, 0.5) is 11.4 Å². The second-order valence-electron chi connectivity index (χ2n) is 3.98. The summed E-state index contributed by atoms with van der Waals surface area (Å²) < 4.78 is 0. The summed E-state index contributed by atoms with van der Waals surface area (Å²) in [5, 5.41) is 24.6. The van der Waals surface area contributed by atoms with Crippen molar-refractivity contribution < 1.29 is 15.0 Å². The third-order valence-electron chi connectivity index (χ3n) is 2.52. The lowest BCUT2D eigenvalue weighted by Crippen LogP contribution is -2.19. The minimum Gasteiger partial charge on any atom is -0.507 e. The molecule has 0 aromatic heterocycles. The van der Waals surface area contributed by atoms with Gasteiger partial charge in [-0.3, -0.25) is 0 Å². The van der Waals surface area contributed by atoms with Crippen LogP contribution in [0.5, 0.6) is 5.75 Å². The zero-order valence-electron chi connectivity index (χ0n) is 10.3. The van der Waals surface area contributed by atoms with Gasteiger partial charge in [-0.1, -0.05) is 18.2 Å². The molecule has 2 rings (SSSR count). The summed E-state index contributed by atoms with van der Waals surface area (Å²) >= 11 is 5.13. The molecule has 6 heteroatoms. The Kier molecular flexibility index (Phi) is 4.17. The molecular formula is C14H12N2O3S. The van der Waals surface area contributed by atoms with Gasteiger partial charge in [-0.05, 0) is 36.5 Å². The molecule has 0 radical (unpaired) electrons. The van der Waals surface area contributed by atoms with E-state index in [1.165, 1.54) is 18.2 Å². The van der Waals surface area contributed by atoms with Crippen LogP contribution >= 0.6 is 12.2 Å². The van der Waals surface area contributed by atoms with E-state index in [1.807, 2.05) is 30.3 Å². The van der Waals surface area contributed by atoms with Gasteiger partial charge in [0.15, 0.2) is 5.11 Å². The zero-order chi connectivity index (χ0) is 14.5. The van der Waals surface area contributed by atoms with Gasteiger partial charge < -0.3 is 20.8 Å². The van der Waals surface area contributed by atoms with Crippen molar-refractivity contribution in [2.45, 2.75) is 0 Å². The first kappa shape index (κ1) is 13.8. The minimum atomic E-state index is -1.18. The highest BCUT2D eigenvalue weighted by Crippen LogP contribution is 2.22. The second kappa shape index (κ2) is 6.03. The molecule has 0 atom stereocenters. The van der Waals surface area contributed by atoms with Crippen molar-refractivity contribution in [3.05, 3.63) is 54.1 Å². The fraction of sp³-hybridized carbons (Fsp3) is 0. The number of aromatic carboxylic acids is 1. The predicted octanol–water partition coefficient (Wildman–Crippen LogP) is 2.90. The maximum absolute atomic E-state index is 10.8. The molecule has 0 amide bonds. The van der Waals surface area contributed by atoms with E-state index in [0.717, 1.165) is 5.69 Å². The molecule has 0 saturated heterocycles.